The number of imidazole rings is 1. The molecule has 210 valence electrons. The summed E-state index contributed by atoms with van der Waals surface area (Å²) in [6, 6.07) is 5.17. The van der Waals surface area contributed by atoms with Gasteiger partial charge in [0.15, 0.2) is 17.2 Å². The molecular formula is C27H29F3N8O2. The lowest BCUT2D eigenvalue weighted by atomic mass is 10.0. The van der Waals surface area contributed by atoms with Crippen LogP contribution in [0.1, 0.15) is 35.5 Å². The number of aromatic nitrogens is 5. The van der Waals surface area contributed by atoms with Crippen LogP contribution in [0.2, 0.25) is 0 Å². The van der Waals surface area contributed by atoms with Gasteiger partial charge in [-0.25, -0.2) is 9.97 Å². The van der Waals surface area contributed by atoms with Gasteiger partial charge in [0, 0.05) is 42.4 Å². The van der Waals surface area contributed by atoms with Crippen LogP contribution in [-0.4, -0.2) is 55.9 Å². The summed E-state index contributed by atoms with van der Waals surface area (Å²) in [7, 11) is 0. The number of benzene rings is 1. The maximum absolute atomic E-state index is 13.7. The van der Waals surface area contributed by atoms with Crippen molar-refractivity contribution in [2.45, 2.75) is 39.0 Å². The Labute approximate surface area is 228 Å². The molecule has 4 aromatic rings. The average Bonchev–Trinajstić information content (AvgIpc) is 3.53. The van der Waals surface area contributed by atoms with Crippen molar-refractivity contribution >= 4 is 23.1 Å². The van der Waals surface area contributed by atoms with Gasteiger partial charge in [-0.05, 0) is 37.1 Å². The summed E-state index contributed by atoms with van der Waals surface area (Å²) in [6.07, 6.45) is 6.72. The van der Waals surface area contributed by atoms with E-state index in [1.54, 1.807) is 12.1 Å². The molecule has 3 aromatic heterocycles. The highest BCUT2D eigenvalue weighted by atomic mass is 19.4. The molecule has 1 aromatic carbocycles. The Morgan fingerprint density at radius 3 is 2.80 bits per heavy atom. The van der Waals surface area contributed by atoms with E-state index in [9.17, 15) is 18.0 Å². The third-order valence-corrected chi connectivity index (χ3v) is 5.89. The SMILES string of the molecule is C#CCn1cc(-c2cnc3c(Nc4ccc(C(=O)NCCOC[C@H](C)N)c(CC)c4)nccn23)c(C(F)(F)F)n1. The molecule has 0 saturated heterocycles. The minimum Gasteiger partial charge on any atom is -0.378 e. The summed E-state index contributed by atoms with van der Waals surface area (Å²) in [5, 5.41) is 9.63. The molecule has 0 spiro atoms. The molecule has 0 unspecified atom stereocenters. The minimum absolute atomic E-state index is 0.0772. The van der Waals surface area contributed by atoms with E-state index < -0.39 is 11.9 Å². The Kier molecular flexibility index (Phi) is 8.71. The van der Waals surface area contributed by atoms with Crippen LogP contribution in [0, 0.1) is 12.3 Å². The lowest BCUT2D eigenvalue weighted by Crippen LogP contribution is -2.30. The van der Waals surface area contributed by atoms with Gasteiger partial charge in [0.1, 0.15) is 6.54 Å². The predicted molar refractivity (Wildman–Crippen MR) is 144 cm³/mol. The van der Waals surface area contributed by atoms with Gasteiger partial charge in [0.2, 0.25) is 0 Å². The number of anilines is 2. The van der Waals surface area contributed by atoms with Crippen molar-refractivity contribution < 1.29 is 22.7 Å². The summed E-state index contributed by atoms with van der Waals surface area (Å²) >= 11 is 0. The lowest BCUT2D eigenvalue weighted by molar-refractivity contribution is -0.141. The molecule has 0 aliphatic carbocycles. The first kappa shape index (κ1) is 28.6. The Morgan fingerprint density at radius 2 is 2.10 bits per heavy atom. The second-order valence-corrected chi connectivity index (χ2v) is 9.06. The molecule has 40 heavy (non-hydrogen) atoms. The van der Waals surface area contributed by atoms with Gasteiger partial charge >= 0.3 is 6.18 Å². The number of terminal acetylenes is 1. The first-order valence-electron chi connectivity index (χ1n) is 12.5. The molecule has 0 fully saturated rings. The number of nitrogens with one attached hydrogen (secondary N) is 2. The van der Waals surface area contributed by atoms with Crippen molar-refractivity contribution in [1.29, 1.82) is 0 Å². The van der Waals surface area contributed by atoms with Crippen LogP contribution in [0.5, 0.6) is 0 Å². The molecule has 0 bridgehead atoms. The fraction of sp³-hybridized carbons (Fsp3) is 0.333. The number of hydrogen-bond acceptors (Lipinski definition) is 7. The molecule has 0 radical (unpaired) electrons. The van der Waals surface area contributed by atoms with Crippen molar-refractivity contribution in [2.24, 2.45) is 5.73 Å². The number of alkyl halides is 3. The number of carbonyl (C=O) groups is 1. The van der Waals surface area contributed by atoms with E-state index in [4.69, 9.17) is 16.9 Å². The number of halogens is 3. The quantitative estimate of drug-likeness (QED) is 0.191. The maximum Gasteiger partial charge on any atom is 0.435 e. The molecule has 3 heterocycles. The van der Waals surface area contributed by atoms with Crippen LogP contribution < -0.4 is 16.4 Å². The summed E-state index contributed by atoms with van der Waals surface area (Å²) < 4.78 is 49.2. The number of aryl methyl sites for hydroxylation is 1. The third-order valence-electron chi connectivity index (χ3n) is 5.89. The first-order valence-corrected chi connectivity index (χ1v) is 12.5. The number of fused-ring (bicyclic) bond motifs is 1. The maximum atomic E-state index is 13.7. The normalized spacial score (nSPS) is 12.3. The number of rotatable bonds is 11. The number of ether oxygens (including phenoxy) is 1. The second kappa shape index (κ2) is 12.2. The van der Waals surface area contributed by atoms with Crippen LogP contribution in [0.15, 0.2) is 43.0 Å². The molecular weight excluding hydrogens is 525 g/mol. The fourth-order valence-electron chi connectivity index (χ4n) is 4.12. The van der Waals surface area contributed by atoms with E-state index in [2.05, 4.69) is 31.6 Å². The van der Waals surface area contributed by atoms with E-state index in [-0.39, 0.29) is 29.8 Å². The van der Waals surface area contributed by atoms with E-state index in [0.29, 0.717) is 48.9 Å². The smallest absolute Gasteiger partial charge is 0.378 e. The van der Waals surface area contributed by atoms with Crippen LogP contribution in [0.25, 0.3) is 16.9 Å². The highest BCUT2D eigenvalue weighted by Crippen LogP contribution is 2.37. The molecule has 1 amide bonds. The summed E-state index contributed by atoms with van der Waals surface area (Å²) in [5.41, 5.74) is 6.88. The van der Waals surface area contributed by atoms with E-state index >= 15 is 0 Å². The topological polar surface area (TPSA) is 124 Å². The van der Waals surface area contributed by atoms with Crippen LogP contribution >= 0.6 is 0 Å². The monoisotopic (exact) mass is 554 g/mol. The highest BCUT2D eigenvalue weighted by Gasteiger charge is 2.38. The van der Waals surface area contributed by atoms with Crippen molar-refractivity contribution in [2.75, 3.05) is 25.1 Å². The second-order valence-electron chi connectivity index (χ2n) is 9.06. The van der Waals surface area contributed by atoms with E-state index in [0.717, 1.165) is 10.2 Å². The molecule has 0 aliphatic rings. The van der Waals surface area contributed by atoms with Gasteiger partial charge in [-0.1, -0.05) is 12.8 Å². The van der Waals surface area contributed by atoms with Crippen molar-refractivity contribution in [3.8, 4) is 23.6 Å². The van der Waals surface area contributed by atoms with E-state index in [1.807, 2.05) is 19.9 Å². The summed E-state index contributed by atoms with van der Waals surface area (Å²) in [5.74, 6) is 2.39. The first-order chi connectivity index (χ1) is 19.1. The number of nitrogens with two attached hydrogens (primary N) is 1. The van der Waals surface area contributed by atoms with Crippen LogP contribution in [0.4, 0.5) is 24.7 Å². The number of amides is 1. The largest absolute Gasteiger partial charge is 0.435 e. The van der Waals surface area contributed by atoms with Gasteiger partial charge in [0.25, 0.3) is 5.91 Å². The minimum atomic E-state index is -4.69. The lowest BCUT2D eigenvalue weighted by Gasteiger charge is -2.13. The van der Waals surface area contributed by atoms with E-state index in [1.165, 1.54) is 29.2 Å². The number of hydrogen-bond donors (Lipinski definition) is 3. The third kappa shape index (κ3) is 6.41. The number of nitrogens with zero attached hydrogens (tertiary/aromatic N) is 5. The zero-order valence-electron chi connectivity index (χ0n) is 22.0. The Hall–Kier alpha value is -4.41. The molecule has 4 N–H and O–H groups in total. The standard InChI is InChI=1S/C27H29F3N8O2/c1-4-10-37-15-21(23(36-37)27(28,29)30)22-14-34-25-24(32-8-11-38(22)25)35-19-6-7-20(18(5-2)13-19)26(39)33-9-12-40-16-17(3)31/h1,6-8,11,13-15,17H,5,9-10,12,16,31H2,2-3H3,(H,32,35)(H,33,39)/t17-/m0/s1. The predicted octanol–water partition coefficient (Wildman–Crippen LogP) is 3.64. The van der Waals surface area contributed by atoms with Gasteiger partial charge in [-0.15, -0.1) is 6.42 Å². The highest BCUT2D eigenvalue weighted by molar-refractivity contribution is 5.96. The van der Waals surface area contributed by atoms with Gasteiger partial charge in [-0.3, -0.25) is 13.9 Å². The van der Waals surface area contributed by atoms with Crippen molar-refractivity contribution in [3.63, 3.8) is 0 Å². The molecule has 0 saturated carbocycles. The van der Waals surface area contributed by atoms with Crippen molar-refractivity contribution in [3.05, 3.63) is 59.8 Å². The number of carbonyl (C=O) groups excluding carboxylic acids is 1. The Bertz CT molecular complexity index is 1540. The molecule has 0 aliphatic heterocycles. The van der Waals surface area contributed by atoms with Crippen LogP contribution in [0.3, 0.4) is 0 Å². The molecule has 1 atom stereocenters. The molecule has 10 nitrogen and oxygen atoms in total. The Morgan fingerprint density at radius 1 is 1.30 bits per heavy atom. The molecule has 13 heteroatoms. The Balaban J connectivity index is 1.57. The van der Waals surface area contributed by atoms with Gasteiger partial charge in [-0.2, -0.15) is 18.3 Å². The zero-order chi connectivity index (χ0) is 28.9. The van der Waals surface area contributed by atoms with Crippen molar-refractivity contribution in [1.82, 2.24) is 29.5 Å². The van der Waals surface area contributed by atoms with Gasteiger partial charge < -0.3 is 21.1 Å². The fourth-order valence-corrected chi connectivity index (χ4v) is 4.12. The average molecular weight is 555 g/mol. The van der Waals surface area contributed by atoms with Gasteiger partial charge in [0.05, 0.1) is 30.7 Å². The molecule has 4 rings (SSSR count). The summed E-state index contributed by atoms with van der Waals surface area (Å²) in [6.45, 7) is 4.77. The zero-order valence-corrected chi connectivity index (χ0v) is 22.0. The van der Waals surface area contributed by atoms with Crippen LogP contribution in [-0.2, 0) is 23.9 Å². The summed E-state index contributed by atoms with van der Waals surface area (Å²) in [4.78, 5) is 21.4.